The molecule has 0 saturated carbocycles. The van der Waals surface area contributed by atoms with Gasteiger partial charge in [-0.3, -0.25) is 4.79 Å². The molecule has 4 unspecified atom stereocenters. The summed E-state index contributed by atoms with van der Waals surface area (Å²) < 4.78 is 84.2. The predicted molar refractivity (Wildman–Crippen MR) is 102 cm³/mol. The van der Waals surface area contributed by atoms with E-state index >= 15 is 0 Å². The number of ether oxygens (including phenoxy) is 1. The molecule has 1 aromatic carbocycles. The van der Waals surface area contributed by atoms with Gasteiger partial charge in [0.25, 0.3) is 0 Å². The highest BCUT2D eigenvalue weighted by atomic mass is 19.4. The molecule has 4 atom stereocenters. The van der Waals surface area contributed by atoms with E-state index in [2.05, 4.69) is 10.6 Å². The molecule has 1 amide bonds. The summed E-state index contributed by atoms with van der Waals surface area (Å²) in [5.41, 5.74) is -3.59. The van der Waals surface area contributed by atoms with Gasteiger partial charge in [-0.1, -0.05) is 0 Å². The molecule has 3 rings (SSSR count). The van der Waals surface area contributed by atoms with Gasteiger partial charge in [-0.15, -0.1) is 0 Å². The fourth-order valence-electron chi connectivity index (χ4n) is 4.59. The number of carbonyl (C=O) groups is 1. The average molecular weight is 468 g/mol. The molecule has 2 aliphatic heterocycles. The van der Waals surface area contributed by atoms with E-state index in [1.54, 1.807) is 0 Å². The lowest BCUT2D eigenvalue weighted by atomic mass is 9.88. The fourth-order valence-corrected chi connectivity index (χ4v) is 4.59. The topological polar surface area (TPSA) is 70.6 Å². The van der Waals surface area contributed by atoms with Crippen LogP contribution in [-0.4, -0.2) is 41.9 Å². The lowest BCUT2D eigenvalue weighted by molar-refractivity contribution is -0.143. The summed E-state index contributed by atoms with van der Waals surface area (Å²) in [6.45, 7) is 1.75. The first-order valence-corrected chi connectivity index (χ1v) is 10.4. The molecule has 0 radical (unpaired) electrons. The van der Waals surface area contributed by atoms with E-state index in [-0.39, 0.29) is 36.1 Å². The van der Waals surface area contributed by atoms with Crippen LogP contribution < -0.4 is 10.6 Å². The van der Waals surface area contributed by atoms with Crippen LogP contribution in [0.2, 0.25) is 0 Å². The van der Waals surface area contributed by atoms with E-state index in [0.717, 1.165) is 0 Å². The molecule has 2 heterocycles. The van der Waals surface area contributed by atoms with Crippen LogP contribution in [0.1, 0.15) is 49.3 Å². The van der Waals surface area contributed by atoms with E-state index in [9.17, 15) is 31.1 Å². The average Bonchev–Trinajstić information content (AvgIpc) is 2.97. The Morgan fingerprint density at radius 2 is 1.78 bits per heavy atom. The van der Waals surface area contributed by atoms with E-state index in [1.807, 2.05) is 6.92 Å². The Labute approximate surface area is 181 Å². The van der Waals surface area contributed by atoms with E-state index < -0.39 is 41.7 Å². The van der Waals surface area contributed by atoms with Crippen LogP contribution in [0.4, 0.5) is 26.3 Å². The van der Waals surface area contributed by atoms with Gasteiger partial charge >= 0.3 is 12.4 Å². The monoisotopic (exact) mass is 468 g/mol. The number of aliphatic hydroxyl groups excluding tert-OH is 1. The van der Waals surface area contributed by atoms with Gasteiger partial charge in [0.1, 0.15) is 0 Å². The molecule has 32 heavy (non-hydrogen) atoms. The molecular formula is C21H26F6N2O3. The number of rotatable bonds is 7. The summed E-state index contributed by atoms with van der Waals surface area (Å²) in [5, 5.41) is 15.0. The quantitative estimate of drug-likeness (QED) is 0.422. The summed E-state index contributed by atoms with van der Waals surface area (Å²) in [4.78, 5) is 12.5. The van der Waals surface area contributed by atoms with E-state index in [4.69, 9.17) is 9.84 Å². The Morgan fingerprint density at radius 1 is 1.16 bits per heavy atom. The molecule has 2 saturated heterocycles. The second kappa shape index (κ2) is 9.18. The first-order chi connectivity index (χ1) is 14.8. The normalized spacial score (nSPS) is 28.1. The van der Waals surface area contributed by atoms with Crippen LogP contribution in [0.15, 0.2) is 18.2 Å². The van der Waals surface area contributed by atoms with Crippen molar-refractivity contribution >= 4 is 5.91 Å². The molecule has 0 aliphatic carbocycles. The number of halogens is 6. The van der Waals surface area contributed by atoms with Crippen molar-refractivity contribution in [1.29, 1.82) is 0 Å². The zero-order valence-corrected chi connectivity index (χ0v) is 17.4. The number of benzene rings is 1. The maximum absolute atomic E-state index is 13.1. The van der Waals surface area contributed by atoms with Crippen LogP contribution >= 0.6 is 0 Å². The van der Waals surface area contributed by atoms with Crippen molar-refractivity contribution in [3.05, 3.63) is 34.9 Å². The maximum Gasteiger partial charge on any atom is 0.416 e. The van der Waals surface area contributed by atoms with Gasteiger partial charge < -0.3 is 20.5 Å². The lowest BCUT2D eigenvalue weighted by Gasteiger charge is -2.39. The second-order valence-electron chi connectivity index (χ2n) is 8.64. The Kier molecular flexibility index (Phi) is 7.11. The van der Waals surface area contributed by atoms with E-state index in [0.29, 0.717) is 44.4 Å². The highest BCUT2D eigenvalue weighted by Crippen LogP contribution is 2.42. The number of piperidine rings is 1. The third kappa shape index (κ3) is 5.55. The minimum absolute atomic E-state index is 0.0359. The molecule has 0 spiro atoms. The number of carbonyl (C=O) groups excluding carboxylic acids is 1. The zero-order chi connectivity index (χ0) is 23.7. The number of amides is 1. The van der Waals surface area contributed by atoms with Gasteiger partial charge in [0.15, 0.2) is 0 Å². The van der Waals surface area contributed by atoms with Crippen LogP contribution in [0, 0.1) is 5.92 Å². The van der Waals surface area contributed by atoms with Crippen molar-refractivity contribution in [2.24, 2.45) is 5.92 Å². The largest absolute Gasteiger partial charge is 0.416 e. The van der Waals surface area contributed by atoms with Crippen LogP contribution in [0.25, 0.3) is 0 Å². The van der Waals surface area contributed by atoms with Crippen molar-refractivity contribution < 1.29 is 41.0 Å². The molecule has 2 aliphatic rings. The van der Waals surface area contributed by atoms with E-state index in [1.165, 1.54) is 0 Å². The third-order valence-electron chi connectivity index (χ3n) is 6.16. The fraction of sp³-hybridized carbons (Fsp3) is 0.667. The third-order valence-corrected chi connectivity index (χ3v) is 6.16. The van der Waals surface area contributed by atoms with Gasteiger partial charge in [0, 0.05) is 24.7 Å². The van der Waals surface area contributed by atoms with Crippen LogP contribution in [0.5, 0.6) is 0 Å². The van der Waals surface area contributed by atoms with Crippen LogP contribution in [0.3, 0.4) is 0 Å². The SMILES string of the molecule is CC12CC(C(=O)NCCCO)C(CCC1OCc1cc(C(F)(F)F)cc(C(F)(F)F)c1)N2. The van der Waals surface area contributed by atoms with Gasteiger partial charge in [-0.05, 0) is 56.4 Å². The molecule has 5 nitrogen and oxygen atoms in total. The summed E-state index contributed by atoms with van der Waals surface area (Å²) in [6, 6.07) is 1.35. The summed E-state index contributed by atoms with van der Waals surface area (Å²) >= 11 is 0. The van der Waals surface area contributed by atoms with Gasteiger partial charge in [0.05, 0.1) is 29.8 Å². The molecule has 180 valence electrons. The predicted octanol–water partition coefficient (Wildman–Crippen LogP) is 3.64. The molecule has 11 heteroatoms. The van der Waals surface area contributed by atoms with Crippen molar-refractivity contribution in [1.82, 2.24) is 10.6 Å². The number of hydrogen-bond donors (Lipinski definition) is 3. The molecule has 3 N–H and O–H groups in total. The maximum atomic E-state index is 13.1. The molecule has 2 fully saturated rings. The molecule has 1 aromatic rings. The summed E-state index contributed by atoms with van der Waals surface area (Å²) in [5.74, 6) is -0.467. The van der Waals surface area contributed by atoms with Crippen molar-refractivity contribution in [2.75, 3.05) is 13.2 Å². The lowest BCUT2D eigenvalue weighted by Crippen LogP contribution is -2.55. The Hall–Kier alpha value is -1.85. The Morgan fingerprint density at radius 3 is 2.34 bits per heavy atom. The number of fused-ring (bicyclic) bond motifs is 2. The van der Waals surface area contributed by atoms with Gasteiger partial charge in [0.2, 0.25) is 5.91 Å². The Balaban J connectivity index is 1.70. The Bertz CT molecular complexity index is 796. The van der Waals surface area contributed by atoms with Crippen molar-refractivity contribution in [2.45, 2.75) is 69.3 Å². The van der Waals surface area contributed by atoms with Crippen LogP contribution in [-0.2, 0) is 28.5 Å². The first-order valence-electron chi connectivity index (χ1n) is 10.4. The number of nitrogens with one attached hydrogen (secondary N) is 2. The molecule has 2 bridgehead atoms. The number of alkyl halides is 6. The van der Waals surface area contributed by atoms with Gasteiger partial charge in [-0.25, -0.2) is 0 Å². The number of hydrogen-bond acceptors (Lipinski definition) is 4. The second-order valence-corrected chi connectivity index (χ2v) is 8.64. The van der Waals surface area contributed by atoms with Crippen molar-refractivity contribution in [3.63, 3.8) is 0 Å². The summed E-state index contributed by atoms with van der Waals surface area (Å²) in [7, 11) is 0. The first kappa shape index (κ1) is 24.8. The summed E-state index contributed by atoms with van der Waals surface area (Å²) in [6.07, 6.45) is -8.31. The highest BCUT2D eigenvalue weighted by Gasteiger charge is 2.52. The minimum Gasteiger partial charge on any atom is -0.396 e. The molecule has 0 aromatic heterocycles. The molecular weight excluding hydrogens is 442 g/mol. The highest BCUT2D eigenvalue weighted by molar-refractivity contribution is 5.80. The minimum atomic E-state index is -4.91. The standard InChI is InChI=1S/C21H26F6N2O3/c1-19-10-15(18(31)28-5-2-6-30)16(29-19)3-4-17(19)32-11-12-7-13(20(22,23)24)9-14(8-12)21(25,26)27/h7-9,15-17,29-30H,2-6,10-11H2,1H3,(H,28,31). The van der Waals surface area contributed by atoms with Crippen molar-refractivity contribution in [3.8, 4) is 0 Å². The smallest absolute Gasteiger partial charge is 0.396 e. The zero-order valence-electron chi connectivity index (χ0n) is 17.4. The van der Waals surface area contributed by atoms with Gasteiger partial charge in [-0.2, -0.15) is 26.3 Å². The number of aliphatic hydroxyl groups is 1.